The molecule has 0 aliphatic heterocycles. The van der Waals surface area contributed by atoms with Gasteiger partial charge in [-0.3, -0.25) is 9.52 Å². The van der Waals surface area contributed by atoms with Crippen LogP contribution in [-0.4, -0.2) is 21.4 Å². The number of methoxy groups -OCH3 is 1. The lowest BCUT2D eigenvalue weighted by Gasteiger charge is -2.12. The van der Waals surface area contributed by atoms with Crippen molar-refractivity contribution in [1.29, 1.82) is 0 Å². The number of nitrogens with one attached hydrogen (secondary N) is 2. The Morgan fingerprint density at radius 3 is 2.14 bits per heavy atom. The second-order valence-electron chi connectivity index (χ2n) is 5.94. The van der Waals surface area contributed by atoms with Crippen molar-refractivity contribution in [3.8, 4) is 5.75 Å². The molecular weight excluding hydrogens is 524 g/mol. The van der Waals surface area contributed by atoms with E-state index in [1.54, 1.807) is 54.6 Å². The summed E-state index contributed by atoms with van der Waals surface area (Å²) in [4.78, 5) is 12.5. The van der Waals surface area contributed by atoms with Crippen LogP contribution in [0.1, 0.15) is 10.4 Å². The number of hydrogen-bond donors (Lipinski definition) is 2. The SMILES string of the molecule is COc1ccc(NS(=O)(=O)c2cc(C(=O)Nc3ccc(Br)cc3)ccc2Br)cc1. The molecule has 1 amide bonds. The van der Waals surface area contributed by atoms with Gasteiger partial charge in [0.1, 0.15) is 10.6 Å². The van der Waals surface area contributed by atoms with Crippen LogP contribution in [0.5, 0.6) is 5.75 Å². The lowest BCUT2D eigenvalue weighted by atomic mass is 10.2. The van der Waals surface area contributed by atoms with Crippen molar-refractivity contribution >= 4 is 59.2 Å². The maximum atomic E-state index is 12.8. The van der Waals surface area contributed by atoms with Crippen molar-refractivity contribution in [2.24, 2.45) is 0 Å². The molecule has 6 nitrogen and oxygen atoms in total. The standard InChI is InChI=1S/C20H16Br2N2O4S/c1-28-17-9-7-16(8-10-17)24-29(26,27)19-12-13(2-11-18(19)22)20(25)23-15-5-3-14(21)4-6-15/h2-12,24H,1H3,(H,23,25). The zero-order valence-corrected chi connectivity index (χ0v) is 19.1. The smallest absolute Gasteiger partial charge is 0.263 e. The zero-order chi connectivity index (χ0) is 21.0. The number of rotatable bonds is 6. The third-order valence-corrected chi connectivity index (χ3v) is 6.83. The molecule has 0 saturated heterocycles. The van der Waals surface area contributed by atoms with E-state index in [2.05, 4.69) is 41.9 Å². The van der Waals surface area contributed by atoms with Crippen molar-refractivity contribution in [3.05, 3.63) is 81.2 Å². The van der Waals surface area contributed by atoms with Gasteiger partial charge in [-0.2, -0.15) is 0 Å². The summed E-state index contributed by atoms with van der Waals surface area (Å²) in [7, 11) is -2.39. The Morgan fingerprint density at radius 2 is 1.52 bits per heavy atom. The molecule has 0 aliphatic rings. The largest absolute Gasteiger partial charge is 0.497 e. The molecule has 0 heterocycles. The lowest BCUT2D eigenvalue weighted by Crippen LogP contribution is -2.16. The Morgan fingerprint density at radius 1 is 0.897 bits per heavy atom. The molecule has 0 radical (unpaired) electrons. The van der Waals surface area contributed by atoms with Crippen LogP contribution in [0.25, 0.3) is 0 Å². The molecule has 3 rings (SSSR count). The van der Waals surface area contributed by atoms with Gasteiger partial charge in [0, 0.05) is 25.9 Å². The summed E-state index contributed by atoms with van der Waals surface area (Å²) in [5, 5.41) is 2.74. The van der Waals surface area contributed by atoms with Crippen LogP contribution in [0.4, 0.5) is 11.4 Å². The van der Waals surface area contributed by atoms with Crippen molar-refractivity contribution < 1.29 is 17.9 Å². The summed E-state index contributed by atoms with van der Waals surface area (Å²) >= 11 is 6.58. The molecule has 9 heteroatoms. The number of anilines is 2. The lowest BCUT2D eigenvalue weighted by molar-refractivity contribution is 0.102. The van der Waals surface area contributed by atoms with E-state index < -0.39 is 15.9 Å². The van der Waals surface area contributed by atoms with Crippen LogP contribution >= 0.6 is 31.9 Å². The number of hydrogen-bond acceptors (Lipinski definition) is 4. The van der Waals surface area contributed by atoms with E-state index in [1.165, 1.54) is 19.2 Å². The van der Waals surface area contributed by atoms with Gasteiger partial charge in [0.15, 0.2) is 0 Å². The molecule has 150 valence electrons. The highest BCUT2D eigenvalue weighted by molar-refractivity contribution is 9.10. The fourth-order valence-corrected chi connectivity index (χ4v) is 4.77. The van der Waals surface area contributed by atoms with E-state index in [4.69, 9.17) is 4.74 Å². The Balaban J connectivity index is 1.84. The summed E-state index contributed by atoms with van der Waals surface area (Å²) < 4.78 is 34.5. The van der Waals surface area contributed by atoms with Gasteiger partial charge in [0.2, 0.25) is 0 Å². The highest BCUT2D eigenvalue weighted by atomic mass is 79.9. The van der Waals surface area contributed by atoms with Gasteiger partial charge in [-0.05, 0) is 82.7 Å². The van der Waals surface area contributed by atoms with Crippen LogP contribution in [0.15, 0.2) is 80.6 Å². The topological polar surface area (TPSA) is 84.5 Å². The average Bonchev–Trinajstić information content (AvgIpc) is 2.70. The van der Waals surface area contributed by atoms with Gasteiger partial charge >= 0.3 is 0 Å². The molecule has 3 aromatic carbocycles. The van der Waals surface area contributed by atoms with E-state index in [9.17, 15) is 13.2 Å². The molecule has 0 saturated carbocycles. The molecule has 0 bridgehead atoms. The highest BCUT2D eigenvalue weighted by Crippen LogP contribution is 2.27. The first-order valence-electron chi connectivity index (χ1n) is 8.32. The van der Waals surface area contributed by atoms with Gasteiger partial charge in [-0.15, -0.1) is 0 Å². The maximum Gasteiger partial charge on any atom is 0.263 e. The minimum atomic E-state index is -3.92. The Hall–Kier alpha value is -2.36. The molecule has 2 N–H and O–H groups in total. The van der Waals surface area contributed by atoms with Crippen LogP contribution in [0.2, 0.25) is 0 Å². The molecule has 0 aliphatic carbocycles. The summed E-state index contributed by atoms with van der Waals surface area (Å²) in [5.41, 5.74) is 1.19. The number of halogens is 2. The Kier molecular flexibility index (Phi) is 6.61. The van der Waals surface area contributed by atoms with E-state index in [-0.39, 0.29) is 10.5 Å². The molecule has 0 unspecified atom stereocenters. The third-order valence-electron chi connectivity index (χ3n) is 3.93. The van der Waals surface area contributed by atoms with Gasteiger partial charge in [0.05, 0.1) is 7.11 Å². The fourth-order valence-electron chi connectivity index (χ4n) is 2.46. The molecule has 0 atom stereocenters. The van der Waals surface area contributed by atoms with Crippen LogP contribution in [-0.2, 0) is 10.0 Å². The first kappa shape index (κ1) is 21.4. The van der Waals surface area contributed by atoms with Crippen LogP contribution in [0, 0.1) is 0 Å². The van der Waals surface area contributed by atoms with Gasteiger partial charge in [-0.25, -0.2) is 8.42 Å². The normalized spacial score (nSPS) is 11.0. The number of sulfonamides is 1. The molecule has 29 heavy (non-hydrogen) atoms. The second-order valence-corrected chi connectivity index (χ2v) is 9.36. The number of carbonyl (C=O) groups is 1. The van der Waals surface area contributed by atoms with Gasteiger partial charge in [0.25, 0.3) is 15.9 Å². The van der Waals surface area contributed by atoms with Crippen LogP contribution in [0.3, 0.4) is 0 Å². The minimum absolute atomic E-state index is 0.0447. The van der Waals surface area contributed by atoms with E-state index >= 15 is 0 Å². The Bertz CT molecular complexity index is 1130. The van der Waals surface area contributed by atoms with E-state index in [0.717, 1.165) is 4.47 Å². The van der Waals surface area contributed by atoms with Crippen molar-refractivity contribution in [1.82, 2.24) is 0 Å². The molecular formula is C20H16Br2N2O4S. The minimum Gasteiger partial charge on any atom is -0.497 e. The van der Waals surface area contributed by atoms with Gasteiger partial charge < -0.3 is 10.1 Å². The molecule has 3 aromatic rings. The van der Waals surface area contributed by atoms with Crippen molar-refractivity contribution in [2.75, 3.05) is 17.1 Å². The number of amides is 1. The summed E-state index contributed by atoms with van der Waals surface area (Å²) in [5.74, 6) is 0.196. The van der Waals surface area contributed by atoms with Crippen molar-refractivity contribution in [2.45, 2.75) is 4.90 Å². The summed E-state index contributed by atoms with van der Waals surface area (Å²) in [6, 6.07) is 18.0. The monoisotopic (exact) mass is 538 g/mol. The summed E-state index contributed by atoms with van der Waals surface area (Å²) in [6.07, 6.45) is 0. The second kappa shape index (κ2) is 8.98. The molecule has 0 spiro atoms. The predicted octanol–water partition coefficient (Wildman–Crippen LogP) is 5.27. The van der Waals surface area contributed by atoms with Crippen molar-refractivity contribution in [3.63, 3.8) is 0 Å². The number of benzene rings is 3. The third kappa shape index (κ3) is 5.37. The molecule has 0 fully saturated rings. The Labute approximate surface area is 185 Å². The molecule has 0 aromatic heterocycles. The number of ether oxygens (including phenoxy) is 1. The quantitative estimate of drug-likeness (QED) is 0.446. The zero-order valence-electron chi connectivity index (χ0n) is 15.1. The van der Waals surface area contributed by atoms with Gasteiger partial charge in [-0.1, -0.05) is 15.9 Å². The van der Waals surface area contributed by atoms with Crippen LogP contribution < -0.4 is 14.8 Å². The average molecular weight is 540 g/mol. The summed E-state index contributed by atoms with van der Waals surface area (Å²) in [6.45, 7) is 0. The maximum absolute atomic E-state index is 12.8. The first-order valence-corrected chi connectivity index (χ1v) is 11.4. The fraction of sp³-hybridized carbons (Fsp3) is 0.0500. The highest BCUT2D eigenvalue weighted by Gasteiger charge is 2.20. The number of carbonyl (C=O) groups excluding carboxylic acids is 1. The van der Waals surface area contributed by atoms with E-state index in [1.807, 2.05) is 0 Å². The van der Waals surface area contributed by atoms with E-state index in [0.29, 0.717) is 21.6 Å². The predicted molar refractivity (Wildman–Crippen MR) is 120 cm³/mol. The first-order chi connectivity index (χ1) is 13.8.